The van der Waals surface area contributed by atoms with Crippen molar-refractivity contribution in [1.82, 2.24) is 10.2 Å². The molecule has 1 N–H and O–H groups in total. The fourth-order valence-corrected chi connectivity index (χ4v) is 1.75. The number of hydrogen-bond donors (Lipinski definition) is 1. The Labute approximate surface area is 86.2 Å². The van der Waals surface area contributed by atoms with E-state index in [1.54, 1.807) is 6.08 Å². The molecule has 0 aromatic rings. The molecule has 1 aliphatic heterocycles. The van der Waals surface area contributed by atoms with Gasteiger partial charge >= 0.3 is 0 Å². The summed E-state index contributed by atoms with van der Waals surface area (Å²) in [6, 6.07) is -0.0725. The third-order valence-electron chi connectivity index (χ3n) is 2.54. The fourth-order valence-electron chi connectivity index (χ4n) is 1.75. The number of amides is 1. The molecule has 1 atom stereocenters. The van der Waals surface area contributed by atoms with E-state index in [0.29, 0.717) is 6.54 Å². The first-order chi connectivity index (χ1) is 6.46. The second-order valence-electron chi connectivity index (χ2n) is 4.77. The summed E-state index contributed by atoms with van der Waals surface area (Å²) in [6.45, 7) is 12.3. The molecule has 1 heterocycles. The highest BCUT2D eigenvalue weighted by molar-refractivity contribution is 5.82. The zero-order valence-corrected chi connectivity index (χ0v) is 9.34. The van der Waals surface area contributed by atoms with Crippen LogP contribution in [0, 0.1) is 5.41 Å². The molecule has 0 spiro atoms. The number of nitrogens with one attached hydrogen (secondary N) is 1. The molecular weight excluding hydrogens is 176 g/mol. The molecule has 1 rings (SSSR count). The molecule has 1 amide bonds. The van der Waals surface area contributed by atoms with Crippen molar-refractivity contribution in [2.75, 3.05) is 19.6 Å². The molecule has 0 saturated carbocycles. The molecule has 0 radical (unpaired) electrons. The Morgan fingerprint density at radius 3 is 2.93 bits per heavy atom. The lowest BCUT2D eigenvalue weighted by atomic mass is 9.93. The first-order valence-corrected chi connectivity index (χ1v) is 5.09. The van der Waals surface area contributed by atoms with Crippen LogP contribution in [-0.4, -0.2) is 36.5 Å². The Balaban J connectivity index is 2.78. The molecule has 0 aromatic carbocycles. The number of carbonyl (C=O) groups excluding carboxylic acids is 1. The molecule has 0 aliphatic carbocycles. The molecule has 80 valence electrons. The minimum absolute atomic E-state index is 0.0725. The number of nitrogens with zero attached hydrogens (tertiary/aromatic N) is 1. The molecule has 1 aliphatic rings. The molecule has 1 unspecified atom stereocenters. The summed E-state index contributed by atoms with van der Waals surface area (Å²) in [4.78, 5) is 13.7. The van der Waals surface area contributed by atoms with Crippen molar-refractivity contribution in [3.63, 3.8) is 0 Å². The van der Waals surface area contributed by atoms with Crippen LogP contribution in [-0.2, 0) is 4.79 Å². The third kappa shape index (κ3) is 2.58. The lowest BCUT2D eigenvalue weighted by Crippen LogP contribution is -2.41. The van der Waals surface area contributed by atoms with Crippen molar-refractivity contribution < 1.29 is 4.79 Å². The van der Waals surface area contributed by atoms with E-state index < -0.39 is 0 Å². The number of carbonyl (C=O) groups is 1. The minimum atomic E-state index is -0.0725. The predicted molar refractivity (Wildman–Crippen MR) is 58.0 cm³/mol. The van der Waals surface area contributed by atoms with Gasteiger partial charge in [0.1, 0.15) is 0 Å². The summed E-state index contributed by atoms with van der Waals surface area (Å²) in [5.41, 5.74) is 0.142. The van der Waals surface area contributed by atoms with Crippen LogP contribution < -0.4 is 5.32 Å². The standard InChI is InChI=1S/C11H20N2O/c1-5-6-13-8-11(3,4)7-12-9(2)10(13)14/h5,9,12H,1,6-8H2,2-4H3. The number of hydrogen-bond acceptors (Lipinski definition) is 2. The Kier molecular flexibility index (Phi) is 3.32. The van der Waals surface area contributed by atoms with Crippen molar-refractivity contribution in [2.24, 2.45) is 5.41 Å². The highest BCUT2D eigenvalue weighted by atomic mass is 16.2. The van der Waals surface area contributed by atoms with Crippen LogP contribution in [0.4, 0.5) is 0 Å². The zero-order chi connectivity index (χ0) is 10.8. The van der Waals surface area contributed by atoms with Crippen LogP contribution in [0.1, 0.15) is 20.8 Å². The molecule has 3 heteroatoms. The molecule has 0 bridgehead atoms. The summed E-state index contributed by atoms with van der Waals surface area (Å²) >= 11 is 0. The van der Waals surface area contributed by atoms with E-state index in [2.05, 4.69) is 25.7 Å². The molecule has 3 nitrogen and oxygen atoms in total. The molecule has 14 heavy (non-hydrogen) atoms. The number of rotatable bonds is 2. The van der Waals surface area contributed by atoms with E-state index in [-0.39, 0.29) is 17.4 Å². The van der Waals surface area contributed by atoms with Gasteiger partial charge in [-0.15, -0.1) is 6.58 Å². The zero-order valence-electron chi connectivity index (χ0n) is 9.34. The predicted octanol–water partition coefficient (Wildman–Crippen LogP) is 1.02. The van der Waals surface area contributed by atoms with E-state index in [1.807, 2.05) is 11.8 Å². The first kappa shape index (κ1) is 11.2. The summed E-state index contributed by atoms with van der Waals surface area (Å²) in [5.74, 6) is 0.176. The van der Waals surface area contributed by atoms with Crippen LogP contribution in [0.15, 0.2) is 12.7 Å². The summed E-state index contributed by atoms with van der Waals surface area (Å²) in [5, 5.41) is 3.25. The Hall–Kier alpha value is -0.830. The van der Waals surface area contributed by atoms with Gasteiger partial charge in [0.05, 0.1) is 6.04 Å². The van der Waals surface area contributed by atoms with Crippen molar-refractivity contribution in [2.45, 2.75) is 26.8 Å². The molecule has 1 fully saturated rings. The van der Waals surface area contributed by atoms with Gasteiger partial charge in [0.25, 0.3) is 0 Å². The maximum absolute atomic E-state index is 11.8. The quantitative estimate of drug-likeness (QED) is 0.669. The van der Waals surface area contributed by atoms with Gasteiger partial charge in [-0.3, -0.25) is 4.79 Å². The van der Waals surface area contributed by atoms with Gasteiger partial charge in [-0.25, -0.2) is 0 Å². The SMILES string of the molecule is C=CCN1CC(C)(C)CNC(C)C1=O. The topological polar surface area (TPSA) is 32.3 Å². The van der Waals surface area contributed by atoms with E-state index in [4.69, 9.17) is 0 Å². The van der Waals surface area contributed by atoms with Crippen LogP contribution in [0.5, 0.6) is 0 Å². The highest BCUT2D eigenvalue weighted by Gasteiger charge is 2.31. The van der Waals surface area contributed by atoms with Crippen LogP contribution >= 0.6 is 0 Å². The average Bonchev–Trinajstić information content (AvgIpc) is 2.19. The Morgan fingerprint density at radius 2 is 2.36 bits per heavy atom. The van der Waals surface area contributed by atoms with Crippen LogP contribution in [0.3, 0.4) is 0 Å². The van der Waals surface area contributed by atoms with Gasteiger partial charge in [-0.2, -0.15) is 0 Å². The molecule has 0 aromatic heterocycles. The monoisotopic (exact) mass is 196 g/mol. The van der Waals surface area contributed by atoms with Crippen LogP contribution in [0.25, 0.3) is 0 Å². The van der Waals surface area contributed by atoms with E-state index in [1.165, 1.54) is 0 Å². The molecular formula is C11H20N2O. The smallest absolute Gasteiger partial charge is 0.239 e. The van der Waals surface area contributed by atoms with E-state index in [9.17, 15) is 4.79 Å². The summed E-state index contributed by atoms with van der Waals surface area (Å²) < 4.78 is 0. The van der Waals surface area contributed by atoms with Crippen LogP contribution in [0.2, 0.25) is 0 Å². The maximum atomic E-state index is 11.8. The van der Waals surface area contributed by atoms with Gasteiger partial charge in [0, 0.05) is 19.6 Å². The highest BCUT2D eigenvalue weighted by Crippen LogP contribution is 2.19. The summed E-state index contributed by atoms with van der Waals surface area (Å²) in [7, 11) is 0. The second kappa shape index (κ2) is 4.13. The largest absolute Gasteiger partial charge is 0.337 e. The fraction of sp³-hybridized carbons (Fsp3) is 0.727. The van der Waals surface area contributed by atoms with Crippen molar-refractivity contribution in [1.29, 1.82) is 0 Å². The Bertz CT molecular complexity index is 235. The van der Waals surface area contributed by atoms with Gasteiger partial charge in [0.2, 0.25) is 5.91 Å². The van der Waals surface area contributed by atoms with Gasteiger partial charge in [-0.1, -0.05) is 19.9 Å². The lowest BCUT2D eigenvalue weighted by Gasteiger charge is -2.28. The van der Waals surface area contributed by atoms with E-state index in [0.717, 1.165) is 13.1 Å². The third-order valence-corrected chi connectivity index (χ3v) is 2.54. The molecule has 1 saturated heterocycles. The van der Waals surface area contributed by atoms with Crippen molar-refractivity contribution >= 4 is 5.91 Å². The van der Waals surface area contributed by atoms with Gasteiger partial charge in [-0.05, 0) is 12.3 Å². The van der Waals surface area contributed by atoms with Gasteiger partial charge < -0.3 is 10.2 Å². The van der Waals surface area contributed by atoms with Crippen molar-refractivity contribution in [3.8, 4) is 0 Å². The average molecular weight is 196 g/mol. The summed E-state index contributed by atoms with van der Waals surface area (Å²) in [6.07, 6.45) is 1.78. The van der Waals surface area contributed by atoms with Crippen molar-refractivity contribution in [3.05, 3.63) is 12.7 Å². The normalized spacial score (nSPS) is 27.2. The second-order valence-corrected chi connectivity index (χ2v) is 4.77. The van der Waals surface area contributed by atoms with Gasteiger partial charge in [0.15, 0.2) is 0 Å². The maximum Gasteiger partial charge on any atom is 0.239 e. The minimum Gasteiger partial charge on any atom is -0.337 e. The Morgan fingerprint density at radius 1 is 1.71 bits per heavy atom. The lowest BCUT2D eigenvalue weighted by molar-refractivity contribution is -0.132. The first-order valence-electron chi connectivity index (χ1n) is 5.09. The van der Waals surface area contributed by atoms with E-state index >= 15 is 0 Å².